The third-order valence-electron chi connectivity index (χ3n) is 3.47. The second kappa shape index (κ2) is 7.73. The zero-order valence-corrected chi connectivity index (χ0v) is 13.4. The monoisotopic (exact) mass is 361 g/mol. The Balaban J connectivity index is 1.65. The van der Waals surface area contributed by atoms with Crippen molar-refractivity contribution in [2.75, 3.05) is 5.32 Å². The fourth-order valence-electron chi connectivity index (χ4n) is 2.31. The van der Waals surface area contributed by atoms with Crippen molar-refractivity contribution in [1.29, 1.82) is 0 Å². The number of anilines is 1. The lowest BCUT2D eigenvalue weighted by Crippen LogP contribution is -2.12. The molecule has 0 fully saturated rings. The lowest BCUT2D eigenvalue weighted by atomic mass is 10.2. The predicted molar refractivity (Wildman–Crippen MR) is 88.8 cm³/mol. The van der Waals surface area contributed by atoms with E-state index in [0.717, 1.165) is 5.56 Å². The SMILES string of the molecule is O=C(Nc1cnn(Cc2ccc(F)cc2)c1)c1cccc(OC(F)F)c1. The number of benzene rings is 2. The number of carbonyl (C=O) groups is 1. The zero-order valence-electron chi connectivity index (χ0n) is 13.4. The molecule has 0 bridgehead atoms. The van der Waals surface area contributed by atoms with Gasteiger partial charge in [0.1, 0.15) is 11.6 Å². The quantitative estimate of drug-likeness (QED) is 0.724. The molecule has 1 heterocycles. The number of carbonyl (C=O) groups excluding carboxylic acids is 1. The third-order valence-corrected chi connectivity index (χ3v) is 3.47. The van der Waals surface area contributed by atoms with Crippen molar-refractivity contribution < 1.29 is 22.7 Å². The van der Waals surface area contributed by atoms with Crippen molar-refractivity contribution >= 4 is 11.6 Å². The highest BCUT2D eigenvalue weighted by atomic mass is 19.3. The van der Waals surface area contributed by atoms with Gasteiger partial charge in [0.05, 0.1) is 18.4 Å². The van der Waals surface area contributed by atoms with Crippen LogP contribution in [0.25, 0.3) is 0 Å². The van der Waals surface area contributed by atoms with Gasteiger partial charge in [-0.1, -0.05) is 18.2 Å². The number of nitrogens with zero attached hydrogens (tertiary/aromatic N) is 2. The van der Waals surface area contributed by atoms with Crippen molar-refractivity contribution in [3.05, 3.63) is 77.9 Å². The van der Waals surface area contributed by atoms with Crippen LogP contribution < -0.4 is 10.1 Å². The summed E-state index contributed by atoms with van der Waals surface area (Å²) in [5.74, 6) is -0.897. The zero-order chi connectivity index (χ0) is 18.5. The summed E-state index contributed by atoms with van der Waals surface area (Å²) in [6, 6.07) is 11.5. The van der Waals surface area contributed by atoms with Crippen LogP contribution in [0.1, 0.15) is 15.9 Å². The average molecular weight is 361 g/mol. The molecule has 0 atom stereocenters. The number of halogens is 3. The first-order valence-electron chi connectivity index (χ1n) is 7.63. The van der Waals surface area contributed by atoms with Crippen LogP contribution >= 0.6 is 0 Å². The molecule has 3 rings (SSSR count). The van der Waals surface area contributed by atoms with E-state index >= 15 is 0 Å². The number of rotatable bonds is 6. The molecule has 26 heavy (non-hydrogen) atoms. The van der Waals surface area contributed by atoms with Gasteiger partial charge >= 0.3 is 6.61 Å². The van der Waals surface area contributed by atoms with Crippen molar-refractivity contribution in [3.63, 3.8) is 0 Å². The number of nitrogens with one attached hydrogen (secondary N) is 1. The third kappa shape index (κ3) is 4.62. The van der Waals surface area contributed by atoms with E-state index in [9.17, 15) is 18.0 Å². The highest BCUT2D eigenvalue weighted by Gasteiger charge is 2.11. The average Bonchev–Trinajstić information content (AvgIpc) is 3.03. The molecule has 0 aliphatic rings. The Bertz CT molecular complexity index is 895. The standard InChI is InChI=1S/C18H14F3N3O2/c19-14-6-4-12(5-7-14)10-24-11-15(9-22-24)23-17(25)13-2-1-3-16(8-13)26-18(20)21/h1-9,11,18H,10H2,(H,23,25). The summed E-state index contributed by atoms with van der Waals surface area (Å²) in [5, 5.41) is 6.75. The molecular weight excluding hydrogens is 347 g/mol. The van der Waals surface area contributed by atoms with Crippen LogP contribution in [0.5, 0.6) is 5.75 Å². The molecule has 0 aliphatic carbocycles. The van der Waals surface area contributed by atoms with E-state index in [4.69, 9.17) is 0 Å². The van der Waals surface area contributed by atoms with Crippen molar-refractivity contribution in [1.82, 2.24) is 9.78 Å². The van der Waals surface area contributed by atoms with E-state index in [1.807, 2.05) is 0 Å². The Morgan fingerprint density at radius 1 is 1.19 bits per heavy atom. The van der Waals surface area contributed by atoms with E-state index in [0.29, 0.717) is 12.2 Å². The van der Waals surface area contributed by atoms with Crippen LogP contribution in [-0.2, 0) is 6.54 Å². The summed E-state index contributed by atoms with van der Waals surface area (Å²) >= 11 is 0. The highest BCUT2D eigenvalue weighted by molar-refractivity contribution is 6.04. The lowest BCUT2D eigenvalue weighted by Gasteiger charge is -2.07. The fraction of sp³-hybridized carbons (Fsp3) is 0.111. The summed E-state index contributed by atoms with van der Waals surface area (Å²) < 4.78 is 43.3. The Kier molecular flexibility index (Phi) is 5.21. The van der Waals surface area contributed by atoms with E-state index in [1.54, 1.807) is 23.0 Å². The summed E-state index contributed by atoms with van der Waals surface area (Å²) in [6.45, 7) is -2.55. The highest BCUT2D eigenvalue weighted by Crippen LogP contribution is 2.17. The topological polar surface area (TPSA) is 56.2 Å². The molecule has 1 N–H and O–H groups in total. The second-order valence-electron chi connectivity index (χ2n) is 5.41. The summed E-state index contributed by atoms with van der Waals surface area (Å²) in [7, 11) is 0. The first kappa shape index (κ1) is 17.5. The minimum absolute atomic E-state index is 0.0975. The van der Waals surface area contributed by atoms with E-state index < -0.39 is 12.5 Å². The van der Waals surface area contributed by atoms with Gasteiger partial charge in [-0.05, 0) is 35.9 Å². The van der Waals surface area contributed by atoms with Crippen LogP contribution in [0.2, 0.25) is 0 Å². The first-order valence-corrected chi connectivity index (χ1v) is 7.63. The Morgan fingerprint density at radius 2 is 1.96 bits per heavy atom. The molecule has 0 saturated carbocycles. The lowest BCUT2D eigenvalue weighted by molar-refractivity contribution is -0.0498. The number of ether oxygens (including phenoxy) is 1. The van der Waals surface area contributed by atoms with Crippen LogP contribution in [-0.4, -0.2) is 22.3 Å². The van der Waals surface area contributed by atoms with Crippen LogP contribution in [0, 0.1) is 5.82 Å². The van der Waals surface area contributed by atoms with Gasteiger partial charge in [-0.25, -0.2) is 4.39 Å². The predicted octanol–water partition coefficient (Wildman–Crippen LogP) is 3.92. The maximum absolute atomic E-state index is 12.9. The number of hydrogen-bond acceptors (Lipinski definition) is 3. The summed E-state index contributed by atoms with van der Waals surface area (Å²) in [6.07, 6.45) is 3.07. The van der Waals surface area contributed by atoms with Gasteiger partial charge in [0.25, 0.3) is 5.91 Å². The minimum Gasteiger partial charge on any atom is -0.435 e. The van der Waals surface area contributed by atoms with Gasteiger partial charge in [0.15, 0.2) is 0 Å². The molecule has 5 nitrogen and oxygen atoms in total. The molecule has 1 aromatic heterocycles. The van der Waals surface area contributed by atoms with Crippen LogP contribution in [0.4, 0.5) is 18.9 Å². The molecule has 134 valence electrons. The summed E-state index contributed by atoms with van der Waals surface area (Å²) in [4.78, 5) is 12.2. The van der Waals surface area contributed by atoms with E-state index in [-0.39, 0.29) is 17.1 Å². The Labute approximate surface area is 147 Å². The molecule has 0 saturated heterocycles. The fourth-order valence-corrected chi connectivity index (χ4v) is 2.31. The van der Waals surface area contributed by atoms with Gasteiger partial charge in [0.2, 0.25) is 0 Å². The maximum atomic E-state index is 12.9. The number of amides is 1. The van der Waals surface area contributed by atoms with Gasteiger partial charge in [-0.3, -0.25) is 9.48 Å². The largest absolute Gasteiger partial charge is 0.435 e. The summed E-state index contributed by atoms with van der Waals surface area (Å²) in [5.41, 5.74) is 1.47. The van der Waals surface area contributed by atoms with E-state index in [2.05, 4.69) is 15.2 Å². The molecule has 1 amide bonds. The van der Waals surface area contributed by atoms with Gasteiger partial charge in [-0.2, -0.15) is 13.9 Å². The van der Waals surface area contributed by atoms with Crippen molar-refractivity contribution in [2.24, 2.45) is 0 Å². The molecule has 0 radical (unpaired) electrons. The van der Waals surface area contributed by atoms with Gasteiger partial charge in [0, 0.05) is 11.8 Å². The van der Waals surface area contributed by atoms with Crippen LogP contribution in [0.3, 0.4) is 0 Å². The molecule has 3 aromatic rings. The van der Waals surface area contributed by atoms with Crippen molar-refractivity contribution in [2.45, 2.75) is 13.2 Å². The first-order chi connectivity index (χ1) is 12.5. The van der Waals surface area contributed by atoms with Crippen LogP contribution in [0.15, 0.2) is 60.9 Å². The van der Waals surface area contributed by atoms with Gasteiger partial charge < -0.3 is 10.1 Å². The normalized spacial score (nSPS) is 10.8. The molecule has 0 spiro atoms. The Morgan fingerprint density at radius 3 is 2.69 bits per heavy atom. The molecule has 8 heteroatoms. The van der Waals surface area contributed by atoms with E-state index in [1.165, 1.54) is 42.6 Å². The molecule has 0 unspecified atom stereocenters. The second-order valence-corrected chi connectivity index (χ2v) is 5.41. The maximum Gasteiger partial charge on any atom is 0.387 e. The number of alkyl halides is 2. The van der Waals surface area contributed by atoms with Crippen molar-refractivity contribution in [3.8, 4) is 5.75 Å². The van der Waals surface area contributed by atoms with Gasteiger partial charge in [-0.15, -0.1) is 0 Å². The minimum atomic E-state index is -2.96. The smallest absolute Gasteiger partial charge is 0.387 e. The Hall–Kier alpha value is -3.29. The number of hydrogen-bond donors (Lipinski definition) is 1. The number of aromatic nitrogens is 2. The molecule has 2 aromatic carbocycles. The molecular formula is C18H14F3N3O2. The molecule has 0 aliphatic heterocycles.